The minimum atomic E-state index is -0.458. The molecule has 7 heteroatoms. The number of alkyl carbamates (subject to hydrolysis) is 1. The van der Waals surface area contributed by atoms with Crippen molar-refractivity contribution in [2.24, 2.45) is 0 Å². The normalized spacial score (nSPS) is 16.0. The van der Waals surface area contributed by atoms with Gasteiger partial charge in [-0.05, 0) is 30.4 Å². The van der Waals surface area contributed by atoms with E-state index >= 15 is 0 Å². The fraction of sp³-hybridized carbons (Fsp3) is 0.333. The van der Waals surface area contributed by atoms with E-state index in [0.29, 0.717) is 17.0 Å². The maximum atomic E-state index is 12.0. The number of carbonyl (C=O) groups excluding carboxylic acids is 2. The van der Waals surface area contributed by atoms with E-state index in [1.807, 2.05) is 30.3 Å². The third-order valence-corrected chi connectivity index (χ3v) is 5.33. The number of methoxy groups -OCH3 is 1. The third-order valence-electron chi connectivity index (χ3n) is 4.21. The predicted octanol–water partition coefficient (Wildman–Crippen LogP) is 2.90. The molecule has 1 heterocycles. The number of rotatable bonds is 4. The molecule has 1 atom stereocenters. The van der Waals surface area contributed by atoms with Gasteiger partial charge in [0.05, 0.1) is 12.7 Å². The Morgan fingerprint density at radius 3 is 2.80 bits per heavy atom. The standard InChI is InChI=1S/C18H20N2O4S/c1-23-17(21)15-13-9-12(7-8-14(13)25-16(15)19)20-18(22)24-10-11-5-3-2-4-6-11/h2-6,12H,7-10,19H2,1H3,(H,20,22)/t12-/m0/s1. The summed E-state index contributed by atoms with van der Waals surface area (Å²) in [5.41, 5.74) is 8.21. The summed E-state index contributed by atoms with van der Waals surface area (Å²) < 4.78 is 10.1. The zero-order valence-corrected chi connectivity index (χ0v) is 14.7. The highest BCUT2D eigenvalue weighted by Gasteiger charge is 2.29. The van der Waals surface area contributed by atoms with Crippen LogP contribution in [0.5, 0.6) is 0 Å². The molecule has 0 saturated heterocycles. The lowest BCUT2D eigenvalue weighted by Gasteiger charge is -2.23. The van der Waals surface area contributed by atoms with E-state index in [1.54, 1.807) is 0 Å². The number of carbonyl (C=O) groups is 2. The second-order valence-electron chi connectivity index (χ2n) is 5.88. The number of thiophene rings is 1. The van der Waals surface area contributed by atoms with E-state index in [0.717, 1.165) is 28.8 Å². The molecule has 1 aliphatic rings. The molecule has 0 radical (unpaired) electrons. The number of fused-ring (bicyclic) bond motifs is 1. The van der Waals surface area contributed by atoms with Crippen LogP contribution in [0.3, 0.4) is 0 Å². The Kier molecular flexibility index (Phi) is 5.23. The van der Waals surface area contributed by atoms with Gasteiger partial charge in [0.1, 0.15) is 11.6 Å². The largest absolute Gasteiger partial charge is 0.465 e. The molecular weight excluding hydrogens is 340 g/mol. The molecule has 0 saturated carbocycles. The topological polar surface area (TPSA) is 90.6 Å². The lowest BCUT2D eigenvalue weighted by atomic mass is 9.91. The minimum Gasteiger partial charge on any atom is -0.465 e. The zero-order valence-electron chi connectivity index (χ0n) is 13.9. The Morgan fingerprint density at radius 1 is 1.32 bits per heavy atom. The van der Waals surface area contributed by atoms with Crippen LogP contribution in [-0.2, 0) is 28.9 Å². The number of amides is 1. The Morgan fingerprint density at radius 2 is 2.08 bits per heavy atom. The van der Waals surface area contributed by atoms with Crippen molar-refractivity contribution >= 4 is 28.4 Å². The Labute approximate surface area is 149 Å². The van der Waals surface area contributed by atoms with Crippen molar-refractivity contribution in [3.63, 3.8) is 0 Å². The molecule has 0 unspecified atom stereocenters. The van der Waals surface area contributed by atoms with Gasteiger partial charge in [-0.3, -0.25) is 0 Å². The molecule has 132 valence electrons. The fourth-order valence-electron chi connectivity index (χ4n) is 2.99. The molecule has 1 aromatic carbocycles. The Balaban J connectivity index is 1.61. The van der Waals surface area contributed by atoms with Crippen molar-refractivity contribution in [1.29, 1.82) is 0 Å². The monoisotopic (exact) mass is 360 g/mol. The van der Waals surface area contributed by atoms with Crippen LogP contribution in [0, 0.1) is 0 Å². The quantitative estimate of drug-likeness (QED) is 0.818. The zero-order chi connectivity index (χ0) is 17.8. The van der Waals surface area contributed by atoms with Crippen molar-refractivity contribution in [1.82, 2.24) is 5.32 Å². The van der Waals surface area contributed by atoms with E-state index in [4.69, 9.17) is 15.2 Å². The Hall–Kier alpha value is -2.54. The highest BCUT2D eigenvalue weighted by atomic mass is 32.1. The number of nitrogen functional groups attached to an aromatic ring is 1. The maximum absolute atomic E-state index is 12.0. The molecular formula is C18H20N2O4S. The number of nitrogens with two attached hydrogens (primary N) is 1. The van der Waals surface area contributed by atoms with Crippen LogP contribution in [0.15, 0.2) is 30.3 Å². The lowest BCUT2D eigenvalue weighted by Crippen LogP contribution is -2.39. The first kappa shape index (κ1) is 17.3. The summed E-state index contributed by atoms with van der Waals surface area (Å²) >= 11 is 1.42. The highest BCUT2D eigenvalue weighted by Crippen LogP contribution is 2.36. The van der Waals surface area contributed by atoms with Crippen LogP contribution in [0.2, 0.25) is 0 Å². The summed E-state index contributed by atoms with van der Waals surface area (Å²) in [5, 5.41) is 3.35. The lowest BCUT2D eigenvalue weighted by molar-refractivity contribution is 0.0601. The SMILES string of the molecule is COC(=O)c1c(N)sc2c1C[C@@H](NC(=O)OCc1ccccc1)CC2. The number of aryl methyl sites for hydroxylation is 1. The first-order valence-electron chi connectivity index (χ1n) is 8.04. The number of benzene rings is 1. The average molecular weight is 360 g/mol. The van der Waals surface area contributed by atoms with Crippen LogP contribution in [0.4, 0.5) is 9.80 Å². The maximum Gasteiger partial charge on any atom is 0.407 e. The summed E-state index contributed by atoms with van der Waals surface area (Å²) in [7, 11) is 1.34. The van der Waals surface area contributed by atoms with Gasteiger partial charge in [0.15, 0.2) is 0 Å². The minimum absolute atomic E-state index is 0.0896. The van der Waals surface area contributed by atoms with Crippen LogP contribution < -0.4 is 11.1 Å². The van der Waals surface area contributed by atoms with Crippen LogP contribution in [-0.4, -0.2) is 25.2 Å². The molecule has 3 N–H and O–H groups in total. The average Bonchev–Trinajstić information content (AvgIpc) is 2.95. The van der Waals surface area contributed by atoms with Crippen LogP contribution in [0.25, 0.3) is 0 Å². The molecule has 1 aliphatic carbocycles. The van der Waals surface area contributed by atoms with Gasteiger partial charge in [-0.1, -0.05) is 30.3 Å². The first-order chi connectivity index (χ1) is 12.1. The molecule has 25 heavy (non-hydrogen) atoms. The van der Waals surface area contributed by atoms with Gasteiger partial charge < -0.3 is 20.5 Å². The van der Waals surface area contributed by atoms with Crippen molar-refractivity contribution in [2.45, 2.75) is 31.9 Å². The smallest absolute Gasteiger partial charge is 0.407 e. The van der Waals surface area contributed by atoms with Crippen molar-refractivity contribution < 1.29 is 19.1 Å². The van der Waals surface area contributed by atoms with Crippen molar-refractivity contribution in [3.05, 3.63) is 51.9 Å². The molecule has 1 aromatic heterocycles. The molecule has 0 fully saturated rings. The molecule has 6 nitrogen and oxygen atoms in total. The van der Waals surface area contributed by atoms with E-state index in [-0.39, 0.29) is 12.6 Å². The van der Waals surface area contributed by atoms with Crippen molar-refractivity contribution in [3.8, 4) is 0 Å². The van der Waals surface area contributed by atoms with Gasteiger partial charge in [0.2, 0.25) is 0 Å². The van der Waals surface area contributed by atoms with Crippen molar-refractivity contribution in [2.75, 3.05) is 12.8 Å². The Bertz CT molecular complexity index is 773. The summed E-state index contributed by atoms with van der Waals surface area (Å²) in [5.74, 6) is -0.428. The fourth-order valence-corrected chi connectivity index (χ4v) is 4.09. The third kappa shape index (κ3) is 3.93. The highest BCUT2D eigenvalue weighted by molar-refractivity contribution is 7.16. The summed E-state index contributed by atoms with van der Waals surface area (Å²) in [4.78, 5) is 25.1. The summed E-state index contributed by atoms with van der Waals surface area (Å²) in [6, 6.07) is 9.42. The molecule has 0 aliphatic heterocycles. The molecule has 2 aromatic rings. The molecule has 1 amide bonds. The van der Waals surface area contributed by atoms with Gasteiger partial charge in [-0.2, -0.15) is 0 Å². The van der Waals surface area contributed by atoms with Gasteiger partial charge in [0, 0.05) is 10.9 Å². The van der Waals surface area contributed by atoms with Gasteiger partial charge in [-0.15, -0.1) is 11.3 Å². The number of esters is 1. The van der Waals surface area contributed by atoms with Crippen LogP contribution in [0.1, 0.15) is 32.8 Å². The van der Waals surface area contributed by atoms with E-state index < -0.39 is 12.1 Å². The first-order valence-corrected chi connectivity index (χ1v) is 8.85. The van der Waals surface area contributed by atoms with Gasteiger partial charge in [0.25, 0.3) is 0 Å². The molecule has 0 spiro atoms. The summed E-state index contributed by atoms with van der Waals surface area (Å²) in [6.07, 6.45) is 1.65. The number of ether oxygens (including phenoxy) is 2. The number of anilines is 1. The second-order valence-corrected chi connectivity index (χ2v) is 7.02. The second kappa shape index (κ2) is 7.57. The van der Waals surface area contributed by atoms with E-state index in [1.165, 1.54) is 18.4 Å². The van der Waals surface area contributed by atoms with Gasteiger partial charge >= 0.3 is 12.1 Å². The molecule has 0 bridgehead atoms. The number of hydrogen-bond donors (Lipinski definition) is 2. The predicted molar refractivity (Wildman–Crippen MR) is 95.6 cm³/mol. The number of nitrogens with one attached hydrogen (secondary N) is 1. The summed E-state index contributed by atoms with van der Waals surface area (Å²) in [6.45, 7) is 0.226. The molecule has 3 rings (SSSR count). The van der Waals surface area contributed by atoms with Crippen LogP contribution >= 0.6 is 11.3 Å². The number of hydrogen-bond acceptors (Lipinski definition) is 6. The van der Waals surface area contributed by atoms with E-state index in [9.17, 15) is 9.59 Å². The van der Waals surface area contributed by atoms with E-state index in [2.05, 4.69) is 5.32 Å². The van der Waals surface area contributed by atoms with Gasteiger partial charge in [-0.25, -0.2) is 9.59 Å².